The summed E-state index contributed by atoms with van der Waals surface area (Å²) in [4.78, 5) is 11.4. The number of hydrogen-bond acceptors (Lipinski definition) is 2. The average molecular weight is 276 g/mol. The summed E-state index contributed by atoms with van der Waals surface area (Å²) in [6, 6.07) is 6.12. The van der Waals surface area contributed by atoms with Crippen molar-refractivity contribution in [2.75, 3.05) is 5.32 Å². The molecule has 0 heterocycles. The molecule has 0 saturated carbocycles. The van der Waals surface area contributed by atoms with E-state index in [0.717, 1.165) is 24.1 Å². The monoisotopic (exact) mass is 276 g/mol. The number of anilines is 1. The van der Waals surface area contributed by atoms with Crippen molar-refractivity contribution < 1.29 is 4.79 Å². The SMILES string of the molecule is Cc1c(NC(CC(C)C)CC(C)C)cccc1C(N)=O. The van der Waals surface area contributed by atoms with E-state index < -0.39 is 0 Å². The lowest BCUT2D eigenvalue weighted by Gasteiger charge is -2.25. The molecule has 0 radical (unpaired) electrons. The van der Waals surface area contributed by atoms with Crippen molar-refractivity contribution in [1.29, 1.82) is 0 Å². The van der Waals surface area contributed by atoms with Crippen LogP contribution in [0.3, 0.4) is 0 Å². The normalized spacial score (nSPS) is 11.4. The third-order valence-corrected chi connectivity index (χ3v) is 3.47. The van der Waals surface area contributed by atoms with Gasteiger partial charge in [0, 0.05) is 17.3 Å². The first-order valence-corrected chi connectivity index (χ1v) is 7.47. The van der Waals surface area contributed by atoms with E-state index in [1.165, 1.54) is 0 Å². The van der Waals surface area contributed by atoms with Crippen molar-refractivity contribution in [2.24, 2.45) is 17.6 Å². The summed E-state index contributed by atoms with van der Waals surface area (Å²) in [7, 11) is 0. The van der Waals surface area contributed by atoms with Gasteiger partial charge < -0.3 is 11.1 Å². The zero-order valence-corrected chi connectivity index (χ0v) is 13.4. The maximum atomic E-state index is 11.4. The van der Waals surface area contributed by atoms with E-state index in [1.807, 2.05) is 19.1 Å². The second-order valence-electron chi connectivity index (χ2n) is 6.44. The second kappa shape index (κ2) is 7.32. The quantitative estimate of drug-likeness (QED) is 0.791. The molecule has 0 unspecified atom stereocenters. The Balaban J connectivity index is 2.92. The minimum absolute atomic E-state index is 0.365. The molecule has 0 saturated heterocycles. The van der Waals surface area contributed by atoms with Crippen LogP contribution in [0.25, 0.3) is 0 Å². The second-order valence-corrected chi connectivity index (χ2v) is 6.44. The lowest BCUT2D eigenvalue weighted by atomic mass is 9.95. The smallest absolute Gasteiger partial charge is 0.249 e. The molecule has 3 nitrogen and oxygen atoms in total. The topological polar surface area (TPSA) is 55.1 Å². The predicted molar refractivity (Wildman–Crippen MR) is 86.0 cm³/mol. The summed E-state index contributed by atoms with van der Waals surface area (Å²) in [6.45, 7) is 10.9. The molecule has 20 heavy (non-hydrogen) atoms. The highest BCUT2D eigenvalue weighted by molar-refractivity contribution is 5.95. The van der Waals surface area contributed by atoms with Gasteiger partial charge in [-0.3, -0.25) is 4.79 Å². The molecule has 0 atom stereocenters. The third-order valence-electron chi connectivity index (χ3n) is 3.47. The van der Waals surface area contributed by atoms with E-state index in [1.54, 1.807) is 6.07 Å². The molecule has 1 aromatic rings. The van der Waals surface area contributed by atoms with Gasteiger partial charge in [0.15, 0.2) is 0 Å². The lowest BCUT2D eigenvalue weighted by molar-refractivity contribution is 0.0999. The number of carbonyl (C=O) groups excluding carboxylic acids is 1. The van der Waals surface area contributed by atoms with Crippen LogP contribution in [0, 0.1) is 18.8 Å². The molecule has 0 aliphatic carbocycles. The molecule has 0 aliphatic heterocycles. The molecule has 0 aliphatic rings. The Labute approximate surface area is 122 Å². The molecule has 0 spiro atoms. The summed E-state index contributed by atoms with van der Waals surface area (Å²) in [6.07, 6.45) is 2.25. The van der Waals surface area contributed by atoms with Crippen LogP contribution in [0.1, 0.15) is 56.5 Å². The number of nitrogens with two attached hydrogens (primary N) is 1. The van der Waals surface area contributed by atoms with Crippen LogP contribution in [0.2, 0.25) is 0 Å². The molecule has 0 aromatic heterocycles. The lowest BCUT2D eigenvalue weighted by Crippen LogP contribution is -2.24. The van der Waals surface area contributed by atoms with Gasteiger partial charge in [-0.25, -0.2) is 0 Å². The highest BCUT2D eigenvalue weighted by Crippen LogP contribution is 2.23. The molecular formula is C17H28N2O. The van der Waals surface area contributed by atoms with E-state index in [4.69, 9.17) is 5.73 Å². The molecule has 0 fully saturated rings. The fraction of sp³-hybridized carbons (Fsp3) is 0.588. The predicted octanol–water partition coefficient (Wildman–Crippen LogP) is 3.97. The zero-order chi connectivity index (χ0) is 15.3. The molecular weight excluding hydrogens is 248 g/mol. The average Bonchev–Trinajstić information content (AvgIpc) is 2.29. The van der Waals surface area contributed by atoms with Crippen LogP contribution in [-0.2, 0) is 0 Å². The fourth-order valence-electron chi connectivity index (χ4n) is 2.63. The van der Waals surface area contributed by atoms with Gasteiger partial charge in [-0.15, -0.1) is 0 Å². The standard InChI is InChI=1S/C17H28N2O/c1-11(2)9-14(10-12(3)4)19-16-8-6-7-15(13(16)5)17(18)20/h6-8,11-12,14,19H,9-10H2,1-5H3,(H2,18,20). The van der Waals surface area contributed by atoms with Crippen LogP contribution >= 0.6 is 0 Å². The number of nitrogens with one attached hydrogen (secondary N) is 1. The van der Waals surface area contributed by atoms with Gasteiger partial charge in [-0.1, -0.05) is 33.8 Å². The van der Waals surface area contributed by atoms with Crippen molar-refractivity contribution >= 4 is 11.6 Å². The molecule has 1 aromatic carbocycles. The molecule has 112 valence electrons. The van der Waals surface area contributed by atoms with Crippen LogP contribution in [0.4, 0.5) is 5.69 Å². The van der Waals surface area contributed by atoms with Gasteiger partial charge in [0.25, 0.3) is 0 Å². The summed E-state index contributed by atoms with van der Waals surface area (Å²) in [5.74, 6) is 0.923. The van der Waals surface area contributed by atoms with E-state index in [-0.39, 0.29) is 5.91 Å². The highest BCUT2D eigenvalue weighted by Gasteiger charge is 2.15. The summed E-state index contributed by atoms with van der Waals surface area (Å²) < 4.78 is 0. The minimum Gasteiger partial charge on any atom is -0.382 e. The molecule has 0 bridgehead atoms. The van der Waals surface area contributed by atoms with Gasteiger partial charge in [-0.05, 0) is 49.3 Å². The van der Waals surface area contributed by atoms with Crippen LogP contribution < -0.4 is 11.1 Å². The Bertz CT molecular complexity index is 442. The Morgan fingerprint density at radius 1 is 1.15 bits per heavy atom. The van der Waals surface area contributed by atoms with Gasteiger partial charge in [0.05, 0.1) is 0 Å². The molecule has 3 N–H and O–H groups in total. The van der Waals surface area contributed by atoms with Crippen LogP contribution in [-0.4, -0.2) is 11.9 Å². The van der Waals surface area contributed by atoms with Gasteiger partial charge >= 0.3 is 0 Å². The summed E-state index contributed by atoms with van der Waals surface area (Å²) in [5, 5.41) is 3.60. The van der Waals surface area contributed by atoms with Crippen LogP contribution in [0.15, 0.2) is 18.2 Å². The van der Waals surface area contributed by atoms with Gasteiger partial charge in [0.1, 0.15) is 0 Å². The van der Waals surface area contributed by atoms with Crippen molar-refractivity contribution in [3.63, 3.8) is 0 Å². The van der Waals surface area contributed by atoms with Gasteiger partial charge in [-0.2, -0.15) is 0 Å². The fourth-order valence-corrected chi connectivity index (χ4v) is 2.63. The van der Waals surface area contributed by atoms with E-state index in [9.17, 15) is 4.79 Å². The first-order valence-electron chi connectivity index (χ1n) is 7.47. The zero-order valence-electron chi connectivity index (χ0n) is 13.4. The Kier molecular flexibility index (Phi) is 6.05. The van der Waals surface area contributed by atoms with Crippen molar-refractivity contribution in [1.82, 2.24) is 0 Å². The number of primary amides is 1. The maximum Gasteiger partial charge on any atom is 0.249 e. The van der Waals surface area contributed by atoms with Crippen molar-refractivity contribution in [2.45, 2.75) is 53.5 Å². The number of carbonyl (C=O) groups is 1. The maximum absolute atomic E-state index is 11.4. The minimum atomic E-state index is -0.365. The number of amides is 1. The number of benzene rings is 1. The Hall–Kier alpha value is -1.51. The first-order chi connectivity index (χ1) is 9.31. The summed E-state index contributed by atoms with van der Waals surface area (Å²) in [5.41, 5.74) is 7.97. The molecule has 3 heteroatoms. The van der Waals surface area contributed by atoms with E-state index in [0.29, 0.717) is 23.4 Å². The highest BCUT2D eigenvalue weighted by atomic mass is 16.1. The Morgan fingerprint density at radius 2 is 1.70 bits per heavy atom. The van der Waals surface area contributed by atoms with Crippen molar-refractivity contribution in [3.05, 3.63) is 29.3 Å². The third kappa shape index (κ3) is 4.87. The van der Waals surface area contributed by atoms with E-state index in [2.05, 4.69) is 33.0 Å². The summed E-state index contributed by atoms with van der Waals surface area (Å²) >= 11 is 0. The molecule has 1 rings (SSSR count). The molecule has 1 amide bonds. The number of hydrogen-bond donors (Lipinski definition) is 2. The largest absolute Gasteiger partial charge is 0.382 e. The van der Waals surface area contributed by atoms with Crippen molar-refractivity contribution in [3.8, 4) is 0 Å². The van der Waals surface area contributed by atoms with E-state index >= 15 is 0 Å². The van der Waals surface area contributed by atoms with Gasteiger partial charge in [0.2, 0.25) is 5.91 Å². The first kappa shape index (κ1) is 16.5. The number of rotatable bonds is 7. The van der Waals surface area contributed by atoms with Crippen LogP contribution in [0.5, 0.6) is 0 Å². The Morgan fingerprint density at radius 3 is 2.15 bits per heavy atom.